The van der Waals surface area contributed by atoms with Gasteiger partial charge in [0.05, 0.1) is 16.3 Å². The highest BCUT2D eigenvalue weighted by atomic mass is 32.2. The zero-order valence-electron chi connectivity index (χ0n) is 12.6. The van der Waals surface area contributed by atoms with Gasteiger partial charge in [-0.15, -0.1) is 0 Å². The first-order valence-corrected chi connectivity index (χ1v) is 9.12. The van der Waals surface area contributed by atoms with Crippen LogP contribution in [0.5, 0.6) is 0 Å². The smallest absolute Gasteiger partial charge is 0.180 e. The van der Waals surface area contributed by atoms with Crippen LogP contribution in [-0.2, 0) is 9.84 Å². The molecule has 1 fully saturated rings. The Kier molecular flexibility index (Phi) is 4.43. The minimum absolute atomic E-state index is 0.209. The fourth-order valence-electron chi connectivity index (χ4n) is 2.65. The Morgan fingerprint density at radius 3 is 2.45 bits per heavy atom. The zero-order chi connectivity index (χ0) is 14.8. The number of rotatable bonds is 7. The lowest BCUT2D eigenvalue weighted by Crippen LogP contribution is -2.22. The average Bonchev–Trinajstić information content (AvgIpc) is 3.18. The van der Waals surface area contributed by atoms with Crippen LogP contribution < -0.4 is 5.32 Å². The largest absolute Gasteiger partial charge is 0.383 e. The molecular formula is C16H25NO2S. The maximum Gasteiger partial charge on any atom is 0.180 e. The molecule has 0 bridgehead atoms. The van der Waals surface area contributed by atoms with Crippen LogP contribution in [0, 0.1) is 11.3 Å². The molecule has 0 unspecified atom stereocenters. The third kappa shape index (κ3) is 3.17. The zero-order valence-corrected chi connectivity index (χ0v) is 13.5. The number of hydrogen-bond acceptors (Lipinski definition) is 3. The van der Waals surface area contributed by atoms with Crippen LogP contribution in [0.15, 0.2) is 29.2 Å². The van der Waals surface area contributed by atoms with Gasteiger partial charge in [0.25, 0.3) is 0 Å². The van der Waals surface area contributed by atoms with Crippen LogP contribution in [-0.4, -0.2) is 20.7 Å². The standard InChI is InChI=1S/C16H25NO2S/c1-4-11-20(18,19)15-8-6-5-7-14(15)17-12-16(9-10-16)13(2)3/h5-8,13,17H,4,9-12H2,1-3H3. The summed E-state index contributed by atoms with van der Waals surface area (Å²) in [4.78, 5) is 0.446. The molecule has 20 heavy (non-hydrogen) atoms. The molecule has 1 saturated carbocycles. The number of benzene rings is 1. The van der Waals surface area contributed by atoms with Crippen molar-refractivity contribution in [3.63, 3.8) is 0 Å². The van der Waals surface area contributed by atoms with E-state index in [2.05, 4.69) is 19.2 Å². The molecule has 3 nitrogen and oxygen atoms in total. The third-order valence-corrected chi connectivity index (χ3v) is 6.41. The van der Waals surface area contributed by atoms with Crippen molar-refractivity contribution in [2.75, 3.05) is 17.6 Å². The van der Waals surface area contributed by atoms with E-state index in [1.165, 1.54) is 12.8 Å². The van der Waals surface area contributed by atoms with Crippen LogP contribution in [0.2, 0.25) is 0 Å². The summed E-state index contributed by atoms with van der Waals surface area (Å²) in [5.74, 6) is 0.843. The Balaban J connectivity index is 2.17. The second-order valence-corrected chi connectivity index (χ2v) is 8.26. The van der Waals surface area contributed by atoms with Crippen LogP contribution in [0.25, 0.3) is 0 Å². The van der Waals surface area contributed by atoms with Gasteiger partial charge in [-0.3, -0.25) is 0 Å². The van der Waals surface area contributed by atoms with E-state index in [1.54, 1.807) is 12.1 Å². The summed E-state index contributed by atoms with van der Waals surface area (Å²) in [7, 11) is -3.17. The first kappa shape index (κ1) is 15.4. The molecule has 1 aliphatic rings. The summed E-state index contributed by atoms with van der Waals surface area (Å²) < 4.78 is 24.6. The SMILES string of the molecule is CCCS(=O)(=O)c1ccccc1NCC1(C(C)C)CC1. The molecule has 0 amide bonds. The van der Waals surface area contributed by atoms with E-state index in [1.807, 2.05) is 19.1 Å². The number of para-hydroxylation sites is 1. The van der Waals surface area contributed by atoms with Crippen LogP contribution in [0.4, 0.5) is 5.69 Å². The van der Waals surface area contributed by atoms with Crippen molar-refractivity contribution in [1.82, 2.24) is 0 Å². The van der Waals surface area contributed by atoms with Crippen molar-refractivity contribution in [2.45, 2.75) is 44.9 Å². The van der Waals surface area contributed by atoms with E-state index in [9.17, 15) is 8.42 Å². The van der Waals surface area contributed by atoms with Gasteiger partial charge in [0.15, 0.2) is 9.84 Å². The van der Waals surface area contributed by atoms with Gasteiger partial charge in [-0.1, -0.05) is 32.9 Å². The van der Waals surface area contributed by atoms with Crippen LogP contribution in [0.1, 0.15) is 40.0 Å². The molecule has 0 heterocycles. The molecule has 4 heteroatoms. The van der Waals surface area contributed by atoms with Crippen molar-refractivity contribution in [3.05, 3.63) is 24.3 Å². The first-order chi connectivity index (χ1) is 9.41. The highest BCUT2D eigenvalue weighted by Gasteiger charge is 2.45. The lowest BCUT2D eigenvalue weighted by Gasteiger charge is -2.22. The number of hydrogen-bond donors (Lipinski definition) is 1. The van der Waals surface area contributed by atoms with Crippen LogP contribution >= 0.6 is 0 Å². The Morgan fingerprint density at radius 2 is 1.90 bits per heavy atom. The van der Waals surface area contributed by atoms with Crippen molar-refractivity contribution >= 4 is 15.5 Å². The normalized spacial score (nSPS) is 17.2. The van der Waals surface area contributed by atoms with Gasteiger partial charge < -0.3 is 5.32 Å². The fourth-order valence-corrected chi connectivity index (χ4v) is 4.17. The van der Waals surface area contributed by atoms with E-state index < -0.39 is 9.84 Å². The van der Waals surface area contributed by atoms with Crippen molar-refractivity contribution in [3.8, 4) is 0 Å². The lowest BCUT2D eigenvalue weighted by molar-refractivity contribution is 0.380. The van der Waals surface area contributed by atoms with Gasteiger partial charge >= 0.3 is 0 Å². The Labute approximate surface area is 122 Å². The summed E-state index contributed by atoms with van der Waals surface area (Å²) in [5.41, 5.74) is 1.12. The van der Waals surface area contributed by atoms with Crippen molar-refractivity contribution in [2.24, 2.45) is 11.3 Å². The minimum Gasteiger partial charge on any atom is -0.383 e. The van der Waals surface area contributed by atoms with Gasteiger partial charge in [-0.2, -0.15) is 0 Å². The quantitative estimate of drug-likeness (QED) is 0.834. The summed E-state index contributed by atoms with van der Waals surface area (Å²) in [6, 6.07) is 7.27. The molecule has 1 aromatic carbocycles. The molecule has 1 N–H and O–H groups in total. The summed E-state index contributed by atoms with van der Waals surface area (Å²) in [6.45, 7) is 7.25. The number of anilines is 1. The minimum atomic E-state index is -3.17. The molecule has 112 valence electrons. The third-order valence-electron chi connectivity index (χ3n) is 4.44. The molecule has 0 radical (unpaired) electrons. The van der Waals surface area contributed by atoms with E-state index in [4.69, 9.17) is 0 Å². The molecule has 0 saturated heterocycles. The summed E-state index contributed by atoms with van der Waals surface area (Å²) >= 11 is 0. The molecule has 0 aliphatic heterocycles. The topological polar surface area (TPSA) is 46.2 Å². The maximum atomic E-state index is 12.3. The Bertz CT molecular complexity index is 560. The predicted molar refractivity (Wildman–Crippen MR) is 83.8 cm³/mol. The number of nitrogens with one attached hydrogen (secondary N) is 1. The van der Waals surface area contributed by atoms with E-state index in [0.29, 0.717) is 22.6 Å². The van der Waals surface area contributed by atoms with Gasteiger partial charge in [-0.05, 0) is 42.7 Å². The van der Waals surface area contributed by atoms with Crippen molar-refractivity contribution in [1.29, 1.82) is 0 Å². The Morgan fingerprint density at radius 1 is 1.25 bits per heavy atom. The van der Waals surface area contributed by atoms with Crippen LogP contribution in [0.3, 0.4) is 0 Å². The van der Waals surface area contributed by atoms with Crippen molar-refractivity contribution < 1.29 is 8.42 Å². The summed E-state index contributed by atoms with van der Waals surface area (Å²) in [5, 5.41) is 3.38. The maximum absolute atomic E-state index is 12.3. The summed E-state index contributed by atoms with van der Waals surface area (Å²) in [6.07, 6.45) is 3.12. The van der Waals surface area contributed by atoms with Gasteiger partial charge in [0.2, 0.25) is 0 Å². The Hall–Kier alpha value is -1.03. The highest BCUT2D eigenvalue weighted by molar-refractivity contribution is 7.91. The second-order valence-electron chi connectivity index (χ2n) is 6.19. The monoisotopic (exact) mass is 295 g/mol. The fraction of sp³-hybridized carbons (Fsp3) is 0.625. The molecular weight excluding hydrogens is 270 g/mol. The van der Waals surface area contributed by atoms with Gasteiger partial charge in [0, 0.05) is 6.54 Å². The van der Waals surface area contributed by atoms with Gasteiger partial charge in [-0.25, -0.2) is 8.42 Å². The lowest BCUT2D eigenvalue weighted by atomic mass is 9.92. The van der Waals surface area contributed by atoms with E-state index >= 15 is 0 Å². The van der Waals surface area contributed by atoms with E-state index in [0.717, 1.165) is 12.2 Å². The predicted octanol–water partition coefficient (Wildman–Crippen LogP) is 3.72. The van der Waals surface area contributed by atoms with Gasteiger partial charge in [0.1, 0.15) is 0 Å². The first-order valence-electron chi connectivity index (χ1n) is 7.47. The highest BCUT2D eigenvalue weighted by Crippen LogP contribution is 2.51. The average molecular weight is 295 g/mol. The number of sulfone groups is 1. The molecule has 0 atom stereocenters. The molecule has 2 rings (SSSR count). The second kappa shape index (κ2) is 5.76. The molecule has 1 aromatic rings. The molecule has 0 aromatic heterocycles. The van der Waals surface area contributed by atoms with E-state index in [-0.39, 0.29) is 5.75 Å². The molecule has 1 aliphatic carbocycles. The molecule has 0 spiro atoms.